The first-order chi connectivity index (χ1) is 9.10. The second-order valence-electron chi connectivity index (χ2n) is 4.73. The Morgan fingerprint density at radius 1 is 1.53 bits per heavy atom. The van der Waals surface area contributed by atoms with E-state index < -0.39 is 6.04 Å². The average molecular weight is 277 g/mol. The molecule has 0 aliphatic carbocycles. The van der Waals surface area contributed by atoms with Gasteiger partial charge in [0.05, 0.1) is 16.3 Å². The molecule has 2 rings (SSSR count). The fourth-order valence-electron chi connectivity index (χ4n) is 1.84. The first kappa shape index (κ1) is 14.0. The second kappa shape index (κ2) is 6.12. The van der Waals surface area contributed by atoms with Gasteiger partial charge in [-0.25, -0.2) is 4.98 Å². The van der Waals surface area contributed by atoms with Crippen LogP contribution in [-0.2, 0) is 4.79 Å². The number of amides is 1. The quantitative estimate of drug-likeness (QED) is 0.882. The van der Waals surface area contributed by atoms with Crippen LogP contribution in [0, 0.1) is 6.92 Å². The third-order valence-corrected chi connectivity index (χ3v) is 3.91. The molecule has 0 bridgehead atoms. The number of thiazole rings is 1. The third-order valence-electron chi connectivity index (χ3n) is 2.98. The van der Waals surface area contributed by atoms with Gasteiger partial charge in [0.1, 0.15) is 0 Å². The SMILES string of the molecule is CCCC[C@H](N)C(=O)Nc1nc2ccc(C)cc2s1. The molecule has 0 aliphatic heterocycles. The number of rotatable bonds is 5. The van der Waals surface area contributed by atoms with E-state index in [1.807, 2.05) is 19.1 Å². The molecule has 1 heterocycles. The van der Waals surface area contributed by atoms with Crippen LogP contribution < -0.4 is 11.1 Å². The summed E-state index contributed by atoms with van der Waals surface area (Å²) in [7, 11) is 0. The van der Waals surface area contributed by atoms with Crippen LogP contribution in [0.1, 0.15) is 31.7 Å². The molecule has 0 radical (unpaired) electrons. The molecular formula is C14H19N3OS. The van der Waals surface area contributed by atoms with Crippen molar-refractivity contribution in [2.45, 2.75) is 39.2 Å². The van der Waals surface area contributed by atoms with Gasteiger partial charge in [0, 0.05) is 0 Å². The Balaban J connectivity index is 2.06. The van der Waals surface area contributed by atoms with Crippen LogP contribution in [0.15, 0.2) is 18.2 Å². The lowest BCUT2D eigenvalue weighted by molar-refractivity contribution is -0.117. The maximum Gasteiger partial charge on any atom is 0.243 e. The zero-order valence-corrected chi connectivity index (χ0v) is 12.1. The van der Waals surface area contributed by atoms with Crippen molar-refractivity contribution in [2.75, 3.05) is 5.32 Å². The molecule has 0 saturated carbocycles. The highest BCUT2D eigenvalue weighted by molar-refractivity contribution is 7.22. The van der Waals surface area contributed by atoms with Crippen molar-refractivity contribution in [1.82, 2.24) is 4.98 Å². The predicted octanol–water partition coefficient (Wildman–Crippen LogP) is 3.06. The van der Waals surface area contributed by atoms with Crippen molar-refractivity contribution in [3.05, 3.63) is 23.8 Å². The van der Waals surface area contributed by atoms with E-state index in [1.165, 1.54) is 16.9 Å². The zero-order valence-electron chi connectivity index (χ0n) is 11.3. The Kier molecular flexibility index (Phi) is 4.50. The van der Waals surface area contributed by atoms with E-state index in [0.717, 1.165) is 23.1 Å². The van der Waals surface area contributed by atoms with Crippen LogP contribution in [0.4, 0.5) is 5.13 Å². The van der Waals surface area contributed by atoms with Crippen LogP contribution in [0.25, 0.3) is 10.2 Å². The van der Waals surface area contributed by atoms with Crippen LogP contribution in [0.5, 0.6) is 0 Å². The highest BCUT2D eigenvalue weighted by Gasteiger charge is 2.14. The lowest BCUT2D eigenvalue weighted by atomic mass is 10.1. The van der Waals surface area contributed by atoms with Crippen LogP contribution in [0.2, 0.25) is 0 Å². The van der Waals surface area contributed by atoms with Crippen LogP contribution >= 0.6 is 11.3 Å². The lowest BCUT2D eigenvalue weighted by Gasteiger charge is -2.09. The summed E-state index contributed by atoms with van der Waals surface area (Å²) < 4.78 is 1.08. The van der Waals surface area contributed by atoms with Gasteiger partial charge in [-0.2, -0.15) is 0 Å². The fourth-order valence-corrected chi connectivity index (χ4v) is 2.81. The highest BCUT2D eigenvalue weighted by Crippen LogP contribution is 2.26. The Bertz CT molecular complexity index is 579. The summed E-state index contributed by atoms with van der Waals surface area (Å²) >= 11 is 1.48. The number of anilines is 1. The monoisotopic (exact) mass is 277 g/mol. The Morgan fingerprint density at radius 2 is 2.32 bits per heavy atom. The molecule has 2 aromatic rings. The van der Waals surface area contributed by atoms with Gasteiger partial charge in [0.2, 0.25) is 5.91 Å². The molecular weight excluding hydrogens is 258 g/mol. The van der Waals surface area contributed by atoms with E-state index in [4.69, 9.17) is 5.73 Å². The number of nitrogens with one attached hydrogen (secondary N) is 1. The highest BCUT2D eigenvalue weighted by atomic mass is 32.1. The number of nitrogens with two attached hydrogens (primary N) is 1. The molecule has 0 aliphatic rings. The van der Waals surface area contributed by atoms with Crippen LogP contribution in [0.3, 0.4) is 0 Å². The molecule has 19 heavy (non-hydrogen) atoms. The summed E-state index contributed by atoms with van der Waals surface area (Å²) in [5.41, 5.74) is 7.93. The van der Waals surface area contributed by atoms with E-state index in [1.54, 1.807) is 0 Å². The zero-order chi connectivity index (χ0) is 13.8. The number of nitrogens with zero attached hydrogens (tertiary/aromatic N) is 1. The summed E-state index contributed by atoms with van der Waals surface area (Å²) in [6.07, 6.45) is 2.72. The summed E-state index contributed by atoms with van der Waals surface area (Å²) in [5.74, 6) is -0.149. The van der Waals surface area contributed by atoms with Gasteiger partial charge in [-0.05, 0) is 31.0 Å². The maximum atomic E-state index is 11.9. The minimum Gasteiger partial charge on any atom is -0.320 e. The van der Waals surface area contributed by atoms with Gasteiger partial charge in [-0.15, -0.1) is 0 Å². The topological polar surface area (TPSA) is 68.0 Å². The number of benzene rings is 1. The Labute approximate surface area is 117 Å². The Morgan fingerprint density at radius 3 is 3.05 bits per heavy atom. The molecule has 0 unspecified atom stereocenters. The molecule has 1 atom stereocenters. The van der Waals surface area contributed by atoms with Gasteiger partial charge in [-0.3, -0.25) is 4.79 Å². The number of hydrogen-bond donors (Lipinski definition) is 2. The van der Waals surface area contributed by atoms with Gasteiger partial charge in [0.25, 0.3) is 0 Å². The molecule has 4 nitrogen and oxygen atoms in total. The molecule has 0 fully saturated rings. The molecule has 1 aromatic heterocycles. The molecule has 0 spiro atoms. The standard InChI is InChI=1S/C14H19N3OS/c1-3-4-5-10(15)13(18)17-14-16-11-7-6-9(2)8-12(11)19-14/h6-8,10H,3-5,15H2,1-2H3,(H,16,17,18)/t10-/m0/s1. The smallest absolute Gasteiger partial charge is 0.243 e. The summed E-state index contributed by atoms with van der Waals surface area (Å²) in [4.78, 5) is 16.3. The van der Waals surface area contributed by atoms with Crippen molar-refractivity contribution >= 4 is 32.6 Å². The van der Waals surface area contributed by atoms with Crippen molar-refractivity contribution in [3.8, 4) is 0 Å². The summed E-state index contributed by atoms with van der Waals surface area (Å²) in [5, 5.41) is 3.43. The molecule has 102 valence electrons. The predicted molar refractivity (Wildman–Crippen MR) is 80.5 cm³/mol. The third kappa shape index (κ3) is 3.52. The van der Waals surface area contributed by atoms with E-state index in [0.29, 0.717) is 11.6 Å². The Hall–Kier alpha value is -1.46. The molecule has 1 amide bonds. The molecule has 1 aromatic carbocycles. The molecule has 0 saturated heterocycles. The maximum absolute atomic E-state index is 11.9. The number of aryl methyl sites for hydroxylation is 1. The number of carbonyl (C=O) groups is 1. The summed E-state index contributed by atoms with van der Waals surface area (Å²) in [6.45, 7) is 4.12. The van der Waals surface area contributed by atoms with Gasteiger partial charge < -0.3 is 11.1 Å². The normalized spacial score (nSPS) is 12.6. The van der Waals surface area contributed by atoms with Gasteiger partial charge >= 0.3 is 0 Å². The van der Waals surface area contributed by atoms with Crippen molar-refractivity contribution in [3.63, 3.8) is 0 Å². The number of unbranched alkanes of at least 4 members (excludes halogenated alkanes) is 1. The van der Waals surface area contributed by atoms with E-state index in [9.17, 15) is 4.79 Å². The first-order valence-electron chi connectivity index (χ1n) is 6.53. The van der Waals surface area contributed by atoms with E-state index in [-0.39, 0.29) is 5.91 Å². The van der Waals surface area contributed by atoms with Crippen molar-refractivity contribution in [2.24, 2.45) is 5.73 Å². The fraction of sp³-hybridized carbons (Fsp3) is 0.429. The van der Waals surface area contributed by atoms with Crippen molar-refractivity contribution < 1.29 is 4.79 Å². The average Bonchev–Trinajstić information content (AvgIpc) is 2.77. The number of fused-ring (bicyclic) bond motifs is 1. The number of aromatic nitrogens is 1. The van der Waals surface area contributed by atoms with Gasteiger partial charge in [0.15, 0.2) is 5.13 Å². The lowest BCUT2D eigenvalue weighted by Crippen LogP contribution is -2.35. The second-order valence-corrected chi connectivity index (χ2v) is 5.76. The minimum absolute atomic E-state index is 0.149. The van der Waals surface area contributed by atoms with Gasteiger partial charge in [-0.1, -0.05) is 37.2 Å². The molecule has 5 heteroatoms. The largest absolute Gasteiger partial charge is 0.320 e. The van der Waals surface area contributed by atoms with E-state index >= 15 is 0 Å². The number of carbonyl (C=O) groups excluding carboxylic acids is 1. The summed E-state index contributed by atoms with van der Waals surface area (Å²) in [6, 6.07) is 5.60. The van der Waals surface area contributed by atoms with Crippen molar-refractivity contribution in [1.29, 1.82) is 0 Å². The first-order valence-corrected chi connectivity index (χ1v) is 7.35. The minimum atomic E-state index is -0.450. The van der Waals surface area contributed by atoms with Crippen LogP contribution in [-0.4, -0.2) is 16.9 Å². The molecule has 3 N–H and O–H groups in total. The van der Waals surface area contributed by atoms with E-state index in [2.05, 4.69) is 23.3 Å². The number of hydrogen-bond acceptors (Lipinski definition) is 4.